The zero-order valence-corrected chi connectivity index (χ0v) is 25.7. The molecule has 0 aliphatic heterocycles. The maximum atomic E-state index is 13.2. The monoisotopic (exact) mass is 626 g/mol. The molecule has 0 spiro atoms. The summed E-state index contributed by atoms with van der Waals surface area (Å²) in [6, 6.07) is 24.2. The molecule has 232 valence electrons. The van der Waals surface area contributed by atoms with Crippen LogP contribution in [-0.4, -0.2) is 26.9 Å². The van der Waals surface area contributed by atoms with E-state index in [9.17, 15) is 26.4 Å². The van der Waals surface area contributed by atoms with Crippen molar-refractivity contribution in [2.75, 3.05) is 17.1 Å². The second-order valence-electron chi connectivity index (χ2n) is 11.2. The SMILES string of the molecule is COc1ccc(-c2ccc(Oc3ccccc3C(C)(C)C)c(NC(=O)Cc3ccc(C)cc3)c2)cc1NS(=O)(=O)C(F)(F)F. The normalized spacial score (nSPS) is 12.0. The summed E-state index contributed by atoms with van der Waals surface area (Å²) in [5.74, 6) is 0.518. The Labute approximate surface area is 255 Å². The average molecular weight is 627 g/mol. The van der Waals surface area contributed by atoms with E-state index in [1.807, 2.05) is 55.5 Å². The van der Waals surface area contributed by atoms with Gasteiger partial charge in [0.15, 0.2) is 5.75 Å². The molecule has 4 aromatic carbocycles. The molecule has 0 aromatic heterocycles. The van der Waals surface area contributed by atoms with Crippen molar-refractivity contribution < 1.29 is 35.9 Å². The Balaban J connectivity index is 1.75. The van der Waals surface area contributed by atoms with Gasteiger partial charge in [-0.15, -0.1) is 0 Å². The molecular weight excluding hydrogens is 593 g/mol. The van der Waals surface area contributed by atoms with E-state index < -0.39 is 21.2 Å². The minimum absolute atomic E-state index is 0.0917. The first-order valence-electron chi connectivity index (χ1n) is 13.6. The molecule has 4 rings (SSSR count). The van der Waals surface area contributed by atoms with Crippen LogP contribution in [0.15, 0.2) is 84.9 Å². The molecule has 2 N–H and O–H groups in total. The Morgan fingerprint density at radius 1 is 0.795 bits per heavy atom. The van der Waals surface area contributed by atoms with E-state index in [-0.39, 0.29) is 23.5 Å². The van der Waals surface area contributed by atoms with Crippen LogP contribution in [0.5, 0.6) is 17.2 Å². The molecular formula is C33H33F3N2O5S. The second-order valence-corrected chi connectivity index (χ2v) is 12.9. The van der Waals surface area contributed by atoms with Gasteiger partial charge < -0.3 is 14.8 Å². The number of hydrogen-bond donors (Lipinski definition) is 2. The first-order chi connectivity index (χ1) is 20.6. The van der Waals surface area contributed by atoms with Crippen LogP contribution < -0.4 is 19.5 Å². The smallest absolute Gasteiger partial charge is 0.495 e. The topological polar surface area (TPSA) is 93.7 Å². The lowest BCUT2D eigenvalue weighted by Gasteiger charge is -2.23. The fourth-order valence-corrected chi connectivity index (χ4v) is 5.01. The van der Waals surface area contributed by atoms with Gasteiger partial charge >= 0.3 is 15.5 Å². The molecule has 0 fully saturated rings. The third kappa shape index (κ3) is 7.71. The number of nitrogens with one attached hydrogen (secondary N) is 2. The van der Waals surface area contributed by atoms with Crippen LogP contribution in [0.25, 0.3) is 11.1 Å². The highest BCUT2D eigenvalue weighted by atomic mass is 32.2. The fourth-order valence-electron chi connectivity index (χ4n) is 4.45. The number of halogens is 3. The highest BCUT2D eigenvalue weighted by molar-refractivity contribution is 7.93. The predicted octanol–water partition coefficient (Wildman–Crippen LogP) is 8.20. The highest BCUT2D eigenvalue weighted by Crippen LogP contribution is 2.40. The Kier molecular flexibility index (Phi) is 9.29. The van der Waals surface area contributed by atoms with Crippen molar-refractivity contribution >= 4 is 27.3 Å². The standard InChI is InChI=1S/C33H33F3N2O5S/c1-21-10-12-22(13-11-21)18-31(39)37-26-19-23(15-17-30(26)43-28-9-7-6-8-25(28)32(2,3)4)24-14-16-29(42-5)27(20-24)38-44(40,41)33(34,35)36/h6-17,19-20,38H,18H2,1-5H3,(H,37,39). The van der Waals surface area contributed by atoms with E-state index in [0.717, 1.165) is 16.7 Å². The van der Waals surface area contributed by atoms with Gasteiger partial charge in [-0.05, 0) is 59.4 Å². The Bertz CT molecular complexity index is 1760. The highest BCUT2D eigenvalue weighted by Gasteiger charge is 2.46. The molecule has 1 amide bonds. The first kappa shape index (κ1) is 32.4. The zero-order valence-electron chi connectivity index (χ0n) is 24.9. The van der Waals surface area contributed by atoms with E-state index in [4.69, 9.17) is 9.47 Å². The summed E-state index contributed by atoms with van der Waals surface area (Å²) in [4.78, 5) is 13.2. The van der Waals surface area contributed by atoms with Crippen LogP contribution in [0.1, 0.15) is 37.5 Å². The Morgan fingerprint density at radius 2 is 1.39 bits per heavy atom. The number of ether oxygens (including phenoxy) is 2. The number of sulfonamides is 1. The fraction of sp³-hybridized carbons (Fsp3) is 0.242. The van der Waals surface area contributed by atoms with E-state index in [1.54, 1.807) is 29.0 Å². The molecule has 0 radical (unpaired) electrons. The van der Waals surface area contributed by atoms with E-state index >= 15 is 0 Å². The molecule has 0 aliphatic rings. The minimum atomic E-state index is -5.70. The molecule has 4 aromatic rings. The van der Waals surface area contributed by atoms with Crippen molar-refractivity contribution in [2.24, 2.45) is 0 Å². The van der Waals surface area contributed by atoms with Crippen molar-refractivity contribution in [3.63, 3.8) is 0 Å². The van der Waals surface area contributed by atoms with E-state index in [0.29, 0.717) is 28.3 Å². The third-order valence-electron chi connectivity index (χ3n) is 6.74. The lowest BCUT2D eigenvalue weighted by atomic mass is 9.86. The molecule has 0 atom stereocenters. The Morgan fingerprint density at radius 3 is 1.98 bits per heavy atom. The van der Waals surface area contributed by atoms with Crippen LogP contribution in [0, 0.1) is 6.92 Å². The predicted molar refractivity (Wildman–Crippen MR) is 166 cm³/mol. The summed E-state index contributed by atoms with van der Waals surface area (Å²) in [7, 11) is -4.49. The largest absolute Gasteiger partial charge is 0.516 e. The lowest BCUT2D eigenvalue weighted by Crippen LogP contribution is -2.30. The van der Waals surface area contributed by atoms with Gasteiger partial charge in [0.25, 0.3) is 0 Å². The molecule has 0 heterocycles. The van der Waals surface area contributed by atoms with Crippen molar-refractivity contribution in [3.8, 4) is 28.4 Å². The summed E-state index contributed by atoms with van der Waals surface area (Å²) in [6.07, 6.45) is 0.0917. The maximum absolute atomic E-state index is 13.2. The van der Waals surface area contributed by atoms with Gasteiger partial charge in [-0.3, -0.25) is 9.52 Å². The molecule has 7 nitrogen and oxygen atoms in total. The van der Waals surface area contributed by atoms with E-state index in [2.05, 4.69) is 26.1 Å². The van der Waals surface area contributed by atoms with Gasteiger partial charge in [0, 0.05) is 5.56 Å². The van der Waals surface area contributed by atoms with Crippen LogP contribution in [-0.2, 0) is 26.7 Å². The Hall–Kier alpha value is -4.51. The van der Waals surface area contributed by atoms with Crippen LogP contribution >= 0.6 is 0 Å². The second kappa shape index (κ2) is 12.6. The van der Waals surface area contributed by atoms with E-state index in [1.165, 1.54) is 19.2 Å². The van der Waals surface area contributed by atoms with Crippen molar-refractivity contribution in [2.45, 2.75) is 45.0 Å². The van der Waals surface area contributed by atoms with Crippen molar-refractivity contribution in [1.82, 2.24) is 0 Å². The number of methoxy groups -OCH3 is 1. The molecule has 0 saturated carbocycles. The molecule has 0 bridgehead atoms. The van der Waals surface area contributed by atoms with Crippen LogP contribution in [0.4, 0.5) is 24.5 Å². The number of carbonyl (C=O) groups excluding carboxylic acids is 1. The molecule has 0 saturated heterocycles. The number of rotatable bonds is 9. The van der Waals surface area contributed by atoms with Gasteiger partial charge in [-0.1, -0.05) is 80.9 Å². The number of aryl methyl sites for hydroxylation is 1. The summed E-state index contributed by atoms with van der Waals surface area (Å²) in [5, 5.41) is 2.91. The number of para-hydroxylation sites is 1. The summed E-state index contributed by atoms with van der Waals surface area (Å²) >= 11 is 0. The summed E-state index contributed by atoms with van der Waals surface area (Å²) in [5.41, 5.74) is -2.20. The van der Waals surface area contributed by atoms with Gasteiger partial charge in [-0.25, -0.2) is 0 Å². The number of anilines is 2. The molecule has 0 unspecified atom stereocenters. The molecule has 11 heteroatoms. The quantitative estimate of drug-likeness (QED) is 0.195. The summed E-state index contributed by atoms with van der Waals surface area (Å²) < 4.78 is 76.0. The van der Waals surface area contributed by atoms with Crippen molar-refractivity contribution in [1.29, 1.82) is 0 Å². The van der Waals surface area contributed by atoms with Crippen LogP contribution in [0.3, 0.4) is 0 Å². The third-order valence-corrected chi connectivity index (χ3v) is 7.83. The van der Waals surface area contributed by atoms with Gasteiger partial charge in [0.05, 0.1) is 24.9 Å². The number of benzene rings is 4. The van der Waals surface area contributed by atoms with Crippen LogP contribution in [0.2, 0.25) is 0 Å². The minimum Gasteiger partial charge on any atom is -0.495 e. The molecule has 44 heavy (non-hydrogen) atoms. The van der Waals surface area contributed by atoms with Gasteiger partial charge in [0.2, 0.25) is 5.91 Å². The number of hydrogen-bond acceptors (Lipinski definition) is 5. The van der Waals surface area contributed by atoms with Crippen molar-refractivity contribution in [3.05, 3.63) is 102 Å². The molecule has 0 aliphatic carbocycles. The number of amides is 1. The first-order valence-corrected chi connectivity index (χ1v) is 15.1. The average Bonchev–Trinajstić information content (AvgIpc) is 2.94. The number of carbonyl (C=O) groups is 1. The maximum Gasteiger partial charge on any atom is 0.516 e. The lowest BCUT2D eigenvalue weighted by molar-refractivity contribution is -0.115. The van der Waals surface area contributed by atoms with Gasteiger partial charge in [0.1, 0.15) is 11.5 Å². The zero-order chi connectivity index (χ0) is 32.3. The summed E-state index contributed by atoms with van der Waals surface area (Å²) in [6.45, 7) is 8.11. The van der Waals surface area contributed by atoms with Gasteiger partial charge in [-0.2, -0.15) is 21.6 Å². The number of alkyl halides is 3.